The fourth-order valence-corrected chi connectivity index (χ4v) is 2.05. The minimum Gasteiger partial charge on any atom is -0.495 e. The van der Waals surface area contributed by atoms with Crippen molar-refractivity contribution in [2.45, 2.75) is 0 Å². The molecule has 0 radical (unpaired) electrons. The Morgan fingerprint density at radius 3 is 2.62 bits per heavy atom. The van der Waals surface area contributed by atoms with E-state index in [1.165, 1.54) is 25.3 Å². The highest BCUT2D eigenvalue weighted by Gasteiger charge is 2.20. The van der Waals surface area contributed by atoms with Crippen molar-refractivity contribution in [3.63, 3.8) is 0 Å². The first-order valence-electron chi connectivity index (χ1n) is 5.92. The molecule has 21 heavy (non-hydrogen) atoms. The highest BCUT2D eigenvalue weighted by atomic mass is 35.5. The lowest BCUT2D eigenvalue weighted by Gasteiger charge is -2.10. The number of hydrogen-bond acceptors (Lipinski definition) is 4. The van der Waals surface area contributed by atoms with Crippen molar-refractivity contribution >= 4 is 28.9 Å². The molecule has 0 saturated carbocycles. The molecule has 108 valence electrons. The van der Waals surface area contributed by atoms with Crippen LogP contribution in [0, 0.1) is 10.1 Å². The summed E-state index contributed by atoms with van der Waals surface area (Å²) >= 11 is 5.90. The number of hydrogen-bond donors (Lipinski definition) is 1. The van der Waals surface area contributed by atoms with Crippen LogP contribution in [0.15, 0.2) is 42.5 Å². The zero-order valence-corrected chi connectivity index (χ0v) is 11.8. The third-order valence-electron chi connectivity index (χ3n) is 2.77. The van der Waals surface area contributed by atoms with Crippen molar-refractivity contribution in [2.24, 2.45) is 0 Å². The van der Waals surface area contributed by atoms with E-state index in [0.29, 0.717) is 11.4 Å². The number of nitro groups is 1. The maximum Gasteiger partial charge on any atom is 0.288 e. The summed E-state index contributed by atoms with van der Waals surface area (Å²) in [6.07, 6.45) is 0. The molecule has 1 N–H and O–H groups in total. The van der Waals surface area contributed by atoms with Gasteiger partial charge in [0.05, 0.1) is 23.3 Å². The summed E-state index contributed by atoms with van der Waals surface area (Å²) in [5, 5.41) is 13.2. The van der Waals surface area contributed by atoms with Gasteiger partial charge in [-0.15, -0.1) is 0 Å². The zero-order chi connectivity index (χ0) is 15.4. The lowest BCUT2D eigenvalue weighted by Crippen LogP contribution is -2.13. The monoisotopic (exact) mass is 306 g/mol. The minimum absolute atomic E-state index is 0.0248. The maximum absolute atomic E-state index is 12.2. The van der Waals surface area contributed by atoms with Gasteiger partial charge in [-0.05, 0) is 18.2 Å². The number of benzene rings is 2. The molecule has 0 spiro atoms. The molecule has 0 heterocycles. The fraction of sp³-hybridized carbons (Fsp3) is 0.0714. The summed E-state index contributed by atoms with van der Waals surface area (Å²) in [6.45, 7) is 0. The van der Waals surface area contributed by atoms with E-state index in [2.05, 4.69) is 5.32 Å². The summed E-state index contributed by atoms with van der Waals surface area (Å²) in [5.41, 5.74) is 0.161. The molecule has 2 aromatic rings. The third kappa shape index (κ3) is 3.11. The second-order valence-corrected chi connectivity index (χ2v) is 4.43. The molecular weight excluding hydrogens is 296 g/mol. The topological polar surface area (TPSA) is 81.5 Å². The van der Waals surface area contributed by atoms with Crippen LogP contribution >= 0.6 is 11.6 Å². The van der Waals surface area contributed by atoms with Crippen LogP contribution in [-0.2, 0) is 0 Å². The van der Waals surface area contributed by atoms with E-state index < -0.39 is 10.8 Å². The van der Waals surface area contributed by atoms with E-state index in [4.69, 9.17) is 16.3 Å². The van der Waals surface area contributed by atoms with E-state index in [1.54, 1.807) is 24.3 Å². The Kier molecular flexibility index (Phi) is 4.39. The smallest absolute Gasteiger partial charge is 0.288 e. The van der Waals surface area contributed by atoms with Crippen molar-refractivity contribution in [3.05, 3.63) is 63.2 Å². The van der Waals surface area contributed by atoms with Crippen LogP contribution in [0.3, 0.4) is 0 Å². The van der Waals surface area contributed by atoms with Crippen LogP contribution in [-0.4, -0.2) is 17.9 Å². The molecule has 0 unspecified atom stereocenters. The van der Waals surface area contributed by atoms with Crippen molar-refractivity contribution in [3.8, 4) is 5.75 Å². The van der Waals surface area contributed by atoms with Crippen molar-refractivity contribution in [1.82, 2.24) is 0 Å². The Balaban J connectivity index is 2.33. The van der Waals surface area contributed by atoms with E-state index in [9.17, 15) is 14.9 Å². The molecule has 6 nitrogen and oxygen atoms in total. The molecule has 2 rings (SSSR count). The molecular formula is C14H11ClN2O4. The van der Waals surface area contributed by atoms with Crippen LogP contribution < -0.4 is 10.1 Å². The lowest BCUT2D eigenvalue weighted by molar-refractivity contribution is -0.384. The second kappa shape index (κ2) is 6.23. The number of rotatable bonds is 4. The van der Waals surface area contributed by atoms with Crippen LogP contribution in [0.4, 0.5) is 11.4 Å². The molecule has 0 aromatic heterocycles. The number of ether oxygens (including phenoxy) is 1. The molecule has 7 heteroatoms. The third-order valence-corrected chi connectivity index (χ3v) is 3.17. The normalized spacial score (nSPS) is 10.0. The number of amides is 1. The van der Waals surface area contributed by atoms with Gasteiger partial charge in [0, 0.05) is 6.07 Å². The van der Waals surface area contributed by atoms with Crippen LogP contribution in [0.2, 0.25) is 5.02 Å². The second-order valence-electron chi connectivity index (χ2n) is 4.05. The average Bonchev–Trinajstić information content (AvgIpc) is 2.47. The molecule has 2 aromatic carbocycles. The first kappa shape index (κ1) is 14.8. The maximum atomic E-state index is 12.2. The van der Waals surface area contributed by atoms with E-state index in [1.807, 2.05) is 0 Å². The first-order valence-corrected chi connectivity index (χ1v) is 6.29. The number of anilines is 1. The summed E-state index contributed by atoms with van der Waals surface area (Å²) in [5.74, 6) is -0.0689. The number of nitrogens with zero attached hydrogens (tertiary/aromatic N) is 1. The molecule has 0 saturated heterocycles. The van der Waals surface area contributed by atoms with Gasteiger partial charge in [0.25, 0.3) is 11.6 Å². The predicted octanol–water partition coefficient (Wildman–Crippen LogP) is 3.51. The SMILES string of the molecule is COc1ccccc1NC(=O)c1cccc([N+](=O)[O-])c1Cl. The molecule has 0 aliphatic carbocycles. The molecule has 1 amide bonds. The van der Waals surface area contributed by atoms with Crippen LogP contribution in [0.5, 0.6) is 5.75 Å². The number of para-hydroxylation sites is 2. The number of halogens is 1. The quantitative estimate of drug-likeness (QED) is 0.692. The molecule has 0 bridgehead atoms. The summed E-state index contributed by atoms with van der Waals surface area (Å²) in [4.78, 5) is 22.4. The minimum atomic E-state index is -0.637. The Morgan fingerprint density at radius 2 is 1.95 bits per heavy atom. The Labute approximate surface area is 125 Å². The number of carbonyl (C=O) groups is 1. The van der Waals surface area contributed by atoms with Crippen LogP contribution in [0.1, 0.15) is 10.4 Å². The van der Waals surface area contributed by atoms with Gasteiger partial charge in [-0.25, -0.2) is 0 Å². The fourth-order valence-electron chi connectivity index (χ4n) is 1.77. The molecule has 0 fully saturated rings. The van der Waals surface area contributed by atoms with Gasteiger partial charge < -0.3 is 10.1 Å². The zero-order valence-electron chi connectivity index (χ0n) is 11.0. The Bertz CT molecular complexity index is 703. The van der Waals surface area contributed by atoms with Crippen molar-refractivity contribution < 1.29 is 14.5 Å². The van der Waals surface area contributed by atoms with E-state index in [0.717, 1.165) is 0 Å². The first-order chi connectivity index (χ1) is 10.0. The lowest BCUT2D eigenvalue weighted by atomic mass is 10.1. The standard InChI is InChI=1S/C14H11ClN2O4/c1-21-12-8-3-2-6-10(12)16-14(18)9-5-4-7-11(13(9)15)17(19)20/h2-8H,1H3,(H,16,18). The number of methoxy groups -OCH3 is 1. The average molecular weight is 307 g/mol. The Hall–Kier alpha value is -2.60. The molecule has 0 aliphatic rings. The van der Waals surface area contributed by atoms with E-state index >= 15 is 0 Å². The highest BCUT2D eigenvalue weighted by Crippen LogP contribution is 2.29. The van der Waals surface area contributed by atoms with Gasteiger partial charge >= 0.3 is 0 Å². The van der Waals surface area contributed by atoms with Gasteiger partial charge in [-0.1, -0.05) is 29.8 Å². The number of nitrogens with one attached hydrogen (secondary N) is 1. The predicted molar refractivity (Wildman–Crippen MR) is 79.1 cm³/mol. The largest absolute Gasteiger partial charge is 0.495 e. The van der Waals surface area contributed by atoms with Gasteiger partial charge in [-0.2, -0.15) is 0 Å². The summed E-state index contributed by atoms with van der Waals surface area (Å²) < 4.78 is 5.12. The number of nitro benzene ring substituents is 1. The van der Waals surface area contributed by atoms with Crippen molar-refractivity contribution in [2.75, 3.05) is 12.4 Å². The van der Waals surface area contributed by atoms with E-state index in [-0.39, 0.29) is 16.3 Å². The number of carbonyl (C=O) groups excluding carboxylic acids is 1. The highest BCUT2D eigenvalue weighted by molar-refractivity contribution is 6.36. The summed E-state index contributed by atoms with van der Waals surface area (Å²) in [6, 6.07) is 10.9. The molecule has 0 aliphatic heterocycles. The van der Waals surface area contributed by atoms with Gasteiger partial charge in [-0.3, -0.25) is 14.9 Å². The summed E-state index contributed by atoms with van der Waals surface area (Å²) in [7, 11) is 1.48. The van der Waals surface area contributed by atoms with Gasteiger partial charge in [0.1, 0.15) is 10.8 Å². The van der Waals surface area contributed by atoms with Crippen LogP contribution in [0.25, 0.3) is 0 Å². The van der Waals surface area contributed by atoms with Gasteiger partial charge in [0.2, 0.25) is 0 Å². The Morgan fingerprint density at radius 1 is 1.24 bits per heavy atom. The molecule has 0 atom stereocenters. The van der Waals surface area contributed by atoms with Gasteiger partial charge in [0.15, 0.2) is 0 Å². The van der Waals surface area contributed by atoms with Crippen molar-refractivity contribution in [1.29, 1.82) is 0 Å².